The first-order valence-electron chi connectivity index (χ1n) is 19.1. The molecule has 1 amide bonds. The molecule has 8 rings (SSSR count). The van der Waals surface area contributed by atoms with E-state index in [0.717, 1.165) is 66.4 Å². The van der Waals surface area contributed by atoms with Crippen molar-refractivity contribution in [3.8, 4) is 16.9 Å². The molecular weight excluding hydrogens is 759 g/mol. The average Bonchev–Trinajstić information content (AvgIpc) is 3.77. The fourth-order valence-corrected chi connectivity index (χ4v) is 8.97. The number of carbonyl (C=O) groups is 2. The Balaban J connectivity index is 1.29. The van der Waals surface area contributed by atoms with Crippen molar-refractivity contribution in [1.29, 1.82) is 0 Å². The van der Waals surface area contributed by atoms with Crippen molar-refractivity contribution in [2.75, 3.05) is 18.1 Å². The highest BCUT2D eigenvalue weighted by Gasteiger charge is 2.40. The largest absolute Gasteiger partial charge is 0.494 e. The smallest absolute Gasteiger partial charge is 0.354 e. The minimum Gasteiger partial charge on any atom is -0.494 e. The van der Waals surface area contributed by atoms with Crippen molar-refractivity contribution in [1.82, 2.24) is 23.9 Å². The van der Waals surface area contributed by atoms with Crippen LogP contribution in [0.2, 0.25) is 10.0 Å². The molecule has 1 N–H and O–H groups in total. The fourth-order valence-electron chi connectivity index (χ4n) is 8.62. The van der Waals surface area contributed by atoms with Crippen LogP contribution < -0.4 is 9.64 Å². The number of halogens is 2. The second-order valence-corrected chi connectivity index (χ2v) is 16.0. The van der Waals surface area contributed by atoms with E-state index >= 15 is 4.79 Å². The molecule has 0 saturated heterocycles. The molecule has 5 heterocycles. The van der Waals surface area contributed by atoms with Crippen LogP contribution in [0.3, 0.4) is 0 Å². The van der Waals surface area contributed by atoms with E-state index in [1.165, 1.54) is 0 Å². The summed E-state index contributed by atoms with van der Waals surface area (Å²) in [5, 5.41) is 18.5. The molecule has 57 heavy (non-hydrogen) atoms. The SMILES string of the molecule is Cc1ccc(Cn2c(C(=O)O)c(N3C[C@@H](C)n4c(c(CCCOc5cc(C)c(Cl)c(C)c5)c5ccc(Cl)c(-c6c(C)nn(C)c6C)c54)C3=O)c3ccccc32)nc1. The minimum absolute atomic E-state index is 0.0394. The lowest BCUT2D eigenvalue weighted by Gasteiger charge is -2.34. The van der Waals surface area contributed by atoms with Gasteiger partial charge in [-0.3, -0.25) is 14.5 Å². The van der Waals surface area contributed by atoms with Gasteiger partial charge in [-0.25, -0.2) is 4.79 Å². The summed E-state index contributed by atoms with van der Waals surface area (Å²) < 4.78 is 12.0. The van der Waals surface area contributed by atoms with Crippen molar-refractivity contribution >= 4 is 62.6 Å². The van der Waals surface area contributed by atoms with Gasteiger partial charge in [0.2, 0.25) is 0 Å². The number of carbonyl (C=O) groups excluding carboxylic acids is 1. The number of pyridine rings is 1. The maximum absolute atomic E-state index is 15.4. The molecule has 4 aromatic heterocycles. The summed E-state index contributed by atoms with van der Waals surface area (Å²) in [6.07, 6.45) is 2.91. The Hall–Kier alpha value is -5.58. The Morgan fingerprint density at radius 1 is 0.965 bits per heavy atom. The number of anilines is 1. The Labute approximate surface area is 341 Å². The molecule has 0 fully saturated rings. The van der Waals surface area contributed by atoms with Crippen LogP contribution in [-0.4, -0.2) is 54.0 Å². The van der Waals surface area contributed by atoms with Gasteiger partial charge in [0.25, 0.3) is 5.91 Å². The Morgan fingerprint density at radius 2 is 1.70 bits per heavy atom. The van der Waals surface area contributed by atoms with E-state index in [2.05, 4.69) is 16.5 Å². The summed E-state index contributed by atoms with van der Waals surface area (Å²) in [6.45, 7) is 12.8. The normalized spacial score (nSPS) is 14.2. The zero-order valence-electron chi connectivity index (χ0n) is 33.1. The number of hydrogen-bond donors (Lipinski definition) is 1. The van der Waals surface area contributed by atoms with E-state index in [0.29, 0.717) is 52.4 Å². The summed E-state index contributed by atoms with van der Waals surface area (Å²) in [4.78, 5) is 35.0. The first kappa shape index (κ1) is 38.3. The van der Waals surface area contributed by atoms with Gasteiger partial charge in [-0.2, -0.15) is 5.10 Å². The standard InChI is InChI=1S/C45H44Cl2N6O4/c1-24-14-15-30(48-21-24)23-51-36-13-9-8-11-34(36)41(43(51)45(55)56)52-22-27(4)53-40-33(16-17-35(46)38(40)37-28(5)49-50(7)29(37)6)32(42(53)44(52)54)12-10-18-57-31-19-25(2)39(47)26(3)20-31/h8-9,11,13-17,19-21,27H,10,12,18,22-23H2,1-7H3,(H,55,56)/t27-/m1/s1. The van der Waals surface area contributed by atoms with Crippen molar-refractivity contribution in [2.45, 2.75) is 67.0 Å². The molecule has 0 spiro atoms. The number of para-hydroxylation sites is 1. The van der Waals surface area contributed by atoms with Crippen molar-refractivity contribution in [2.24, 2.45) is 7.05 Å². The van der Waals surface area contributed by atoms with Gasteiger partial charge in [-0.1, -0.05) is 53.5 Å². The number of ether oxygens (including phenoxy) is 1. The molecule has 0 saturated carbocycles. The molecule has 12 heteroatoms. The highest BCUT2D eigenvalue weighted by atomic mass is 35.5. The number of aromatic nitrogens is 5. The molecule has 1 aliphatic heterocycles. The Morgan fingerprint density at radius 3 is 2.37 bits per heavy atom. The van der Waals surface area contributed by atoms with Crippen LogP contribution in [0.15, 0.2) is 66.9 Å². The van der Waals surface area contributed by atoms with Gasteiger partial charge in [0.1, 0.15) is 11.4 Å². The van der Waals surface area contributed by atoms with Crippen LogP contribution in [0.5, 0.6) is 5.75 Å². The zero-order chi connectivity index (χ0) is 40.4. The number of rotatable bonds is 10. The third-order valence-electron chi connectivity index (χ3n) is 11.3. The van der Waals surface area contributed by atoms with Gasteiger partial charge in [0, 0.05) is 58.4 Å². The predicted octanol–water partition coefficient (Wildman–Crippen LogP) is 10.2. The molecule has 1 aliphatic rings. The van der Waals surface area contributed by atoms with Gasteiger partial charge < -0.3 is 23.9 Å². The molecule has 0 bridgehead atoms. The van der Waals surface area contributed by atoms with Crippen LogP contribution in [0.1, 0.15) is 79.7 Å². The molecule has 0 radical (unpaired) electrons. The number of carboxylic acid groups (broad SMARTS) is 1. The summed E-state index contributed by atoms with van der Waals surface area (Å²) >= 11 is 13.6. The number of aryl methyl sites for hydroxylation is 6. The molecule has 0 aliphatic carbocycles. The van der Waals surface area contributed by atoms with E-state index in [1.54, 1.807) is 15.7 Å². The number of fused-ring (bicyclic) bond motifs is 4. The molecule has 7 aromatic rings. The number of hydrogen-bond acceptors (Lipinski definition) is 5. The van der Waals surface area contributed by atoms with Crippen LogP contribution >= 0.6 is 23.2 Å². The van der Waals surface area contributed by atoms with Gasteiger partial charge in [-0.15, -0.1) is 0 Å². The maximum atomic E-state index is 15.4. The average molecular weight is 804 g/mol. The lowest BCUT2D eigenvalue weighted by Crippen LogP contribution is -2.43. The topological polar surface area (TPSA) is 107 Å². The van der Waals surface area contributed by atoms with Gasteiger partial charge >= 0.3 is 5.97 Å². The van der Waals surface area contributed by atoms with E-state index in [9.17, 15) is 9.90 Å². The highest BCUT2D eigenvalue weighted by molar-refractivity contribution is 6.35. The van der Waals surface area contributed by atoms with E-state index in [-0.39, 0.29) is 30.7 Å². The maximum Gasteiger partial charge on any atom is 0.354 e. The minimum atomic E-state index is -1.12. The first-order chi connectivity index (χ1) is 27.3. The number of aromatic carboxylic acids is 1. The fraction of sp³-hybridized carbons (Fsp3) is 0.289. The van der Waals surface area contributed by atoms with E-state index in [4.69, 9.17) is 33.0 Å². The third-order valence-corrected chi connectivity index (χ3v) is 12.2. The van der Waals surface area contributed by atoms with Crippen molar-refractivity contribution in [3.63, 3.8) is 0 Å². The molecule has 10 nitrogen and oxygen atoms in total. The summed E-state index contributed by atoms with van der Waals surface area (Å²) in [6, 6.07) is 18.9. The van der Waals surface area contributed by atoms with Crippen LogP contribution in [0, 0.1) is 34.6 Å². The van der Waals surface area contributed by atoms with Gasteiger partial charge in [-0.05, 0) is 107 Å². The molecule has 292 valence electrons. The van der Waals surface area contributed by atoms with E-state index in [1.807, 2.05) is 107 Å². The quantitative estimate of drug-likeness (QED) is 0.138. The lowest BCUT2D eigenvalue weighted by atomic mass is 9.98. The predicted molar refractivity (Wildman–Crippen MR) is 227 cm³/mol. The van der Waals surface area contributed by atoms with Crippen molar-refractivity contribution < 1.29 is 19.4 Å². The molecule has 3 aromatic carbocycles. The number of nitrogens with zero attached hydrogens (tertiary/aromatic N) is 6. The summed E-state index contributed by atoms with van der Waals surface area (Å²) in [5.74, 6) is -0.657. The lowest BCUT2D eigenvalue weighted by molar-refractivity contribution is 0.0687. The van der Waals surface area contributed by atoms with Gasteiger partial charge in [0.05, 0.1) is 46.3 Å². The zero-order valence-corrected chi connectivity index (χ0v) is 34.6. The van der Waals surface area contributed by atoms with Crippen LogP contribution in [0.25, 0.3) is 32.9 Å². The van der Waals surface area contributed by atoms with Gasteiger partial charge in [0.15, 0.2) is 5.69 Å². The second kappa shape index (κ2) is 14.7. The number of carboxylic acids is 1. The molecular formula is C45H44Cl2N6O4. The summed E-state index contributed by atoms with van der Waals surface area (Å²) in [7, 11) is 1.91. The third kappa shape index (κ3) is 6.45. The van der Waals surface area contributed by atoms with E-state index < -0.39 is 5.97 Å². The number of benzene rings is 3. The molecule has 0 unspecified atom stereocenters. The first-order valence-corrected chi connectivity index (χ1v) is 19.9. The van der Waals surface area contributed by atoms with Crippen molar-refractivity contribution in [3.05, 3.63) is 128 Å². The Bertz CT molecular complexity index is 2740. The Kier molecular flexibility index (Phi) is 9.90. The monoisotopic (exact) mass is 802 g/mol. The second-order valence-electron chi connectivity index (χ2n) is 15.2. The molecule has 1 atom stereocenters. The highest BCUT2D eigenvalue weighted by Crippen LogP contribution is 2.46. The summed E-state index contributed by atoms with van der Waals surface area (Å²) in [5.41, 5.74) is 10.5. The van der Waals surface area contributed by atoms with Crippen LogP contribution in [-0.2, 0) is 20.0 Å². The number of amides is 1. The van der Waals surface area contributed by atoms with Crippen LogP contribution in [0.4, 0.5) is 5.69 Å².